The van der Waals surface area contributed by atoms with Gasteiger partial charge in [0.1, 0.15) is 0 Å². The molecule has 0 aliphatic rings. The average molecular weight is 297 g/mol. The fraction of sp³-hybridized carbons (Fsp3) is 0.231. The predicted molar refractivity (Wildman–Crippen MR) is 75.7 cm³/mol. The highest BCUT2D eigenvalue weighted by molar-refractivity contribution is 7.99. The Labute approximate surface area is 120 Å². The summed E-state index contributed by atoms with van der Waals surface area (Å²) in [5.41, 5.74) is 1.19. The zero-order valence-electron chi connectivity index (χ0n) is 10.1. The minimum atomic E-state index is -0.836. The molecule has 1 heterocycles. The number of hydrogen-bond donors (Lipinski definition) is 1. The molecule has 100 valence electrons. The number of nitrogens with zero attached hydrogens (tertiary/aromatic N) is 2. The minimum absolute atomic E-state index is 0.0258. The van der Waals surface area contributed by atoms with Crippen molar-refractivity contribution in [3.8, 4) is 0 Å². The largest absolute Gasteiger partial charge is 0.481 e. The van der Waals surface area contributed by atoms with Gasteiger partial charge in [-0.15, -0.1) is 0 Å². The molecule has 0 unspecified atom stereocenters. The summed E-state index contributed by atoms with van der Waals surface area (Å²) in [6.45, 7) is 0.767. The Bertz CT molecular complexity index is 554. The molecule has 0 radical (unpaired) electrons. The normalized spacial score (nSPS) is 10.6. The number of aryl methyl sites for hydroxylation is 2. The molecule has 2 rings (SSSR count). The van der Waals surface area contributed by atoms with Crippen LogP contribution in [-0.2, 0) is 17.8 Å². The lowest BCUT2D eigenvalue weighted by atomic mass is 10.1. The molecule has 0 aliphatic heterocycles. The fourth-order valence-electron chi connectivity index (χ4n) is 1.63. The molecule has 1 N–H and O–H groups in total. The molecule has 4 nitrogen and oxygen atoms in total. The number of rotatable bonds is 6. The van der Waals surface area contributed by atoms with Gasteiger partial charge in [-0.05, 0) is 24.1 Å². The summed E-state index contributed by atoms with van der Waals surface area (Å²) < 4.78 is 1.96. The van der Waals surface area contributed by atoms with Crippen LogP contribution in [0.1, 0.15) is 5.56 Å². The Hall–Kier alpha value is -1.46. The van der Waals surface area contributed by atoms with Gasteiger partial charge in [0.15, 0.2) is 5.16 Å². The number of aromatic nitrogens is 2. The lowest BCUT2D eigenvalue weighted by molar-refractivity contribution is -0.133. The molecule has 0 amide bonds. The number of aliphatic carboxylic acids is 1. The average Bonchev–Trinajstić information content (AvgIpc) is 2.83. The summed E-state index contributed by atoms with van der Waals surface area (Å²) in [5.74, 6) is -0.810. The maximum Gasteiger partial charge on any atom is 0.313 e. The summed E-state index contributed by atoms with van der Waals surface area (Å²) in [6, 6.07) is 7.71. The van der Waals surface area contributed by atoms with E-state index < -0.39 is 5.97 Å². The van der Waals surface area contributed by atoms with Gasteiger partial charge in [-0.3, -0.25) is 4.79 Å². The van der Waals surface area contributed by atoms with Crippen LogP contribution in [0, 0.1) is 0 Å². The highest BCUT2D eigenvalue weighted by Gasteiger charge is 2.06. The number of imidazole rings is 1. The first-order valence-electron chi connectivity index (χ1n) is 5.75. The van der Waals surface area contributed by atoms with Crippen LogP contribution in [0.15, 0.2) is 41.8 Å². The van der Waals surface area contributed by atoms with E-state index in [0.29, 0.717) is 0 Å². The van der Waals surface area contributed by atoms with Crippen LogP contribution < -0.4 is 0 Å². The van der Waals surface area contributed by atoms with Crippen molar-refractivity contribution in [1.29, 1.82) is 0 Å². The van der Waals surface area contributed by atoms with Gasteiger partial charge < -0.3 is 9.67 Å². The molecule has 0 fully saturated rings. The van der Waals surface area contributed by atoms with Crippen molar-refractivity contribution in [3.63, 3.8) is 0 Å². The van der Waals surface area contributed by atoms with E-state index in [1.807, 2.05) is 35.0 Å². The first-order valence-corrected chi connectivity index (χ1v) is 7.11. The van der Waals surface area contributed by atoms with E-state index in [9.17, 15) is 4.79 Å². The molecule has 2 aromatic rings. The topological polar surface area (TPSA) is 55.1 Å². The maximum atomic E-state index is 10.5. The highest BCUT2D eigenvalue weighted by atomic mass is 35.5. The molecule has 0 atom stereocenters. The molecule has 0 saturated carbocycles. The van der Waals surface area contributed by atoms with E-state index in [4.69, 9.17) is 16.7 Å². The van der Waals surface area contributed by atoms with Crippen LogP contribution in [-0.4, -0.2) is 26.4 Å². The smallest absolute Gasteiger partial charge is 0.313 e. The molecule has 1 aromatic carbocycles. The number of thioether (sulfide) groups is 1. The van der Waals surface area contributed by atoms with E-state index >= 15 is 0 Å². The monoisotopic (exact) mass is 296 g/mol. The molecule has 19 heavy (non-hydrogen) atoms. The summed E-state index contributed by atoms with van der Waals surface area (Å²) in [6.07, 6.45) is 4.40. The van der Waals surface area contributed by atoms with Crippen LogP contribution in [0.5, 0.6) is 0 Å². The van der Waals surface area contributed by atoms with Crippen LogP contribution in [0.2, 0.25) is 5.02 Å². The first-order chi connectivity index (χ1) is 9.15. The van der Waals surface area contributed by atoms with E-state index in [1.54, 1.807) is 6.20 Å². The quantitative estimate of drug-likeness (QED) is 0.833. The van der Waals surface area contributed by atoms with Gasteiger partial charge in [0.25, 0.3) is 0 Å². The number of carbonyl (C=O) groups is 1. The molecule has 0 spiro atoms. The van der Waals surface area contributed by atoms with Crippen molar-refractivity contribution in [1.82, 2.24) is 9.55 Å². The Balaban J connectivity index is 1.94. The Morgan fingerprint density at radius 2 is 2.11 bits per heavy atom. The standard InChI is InChI=1S/C13H13ClN2O2S/c14-11-3-1-10(2-4-11)5-7-16-8-6-15-13(16)19-9-12(17)18/h1-4,6,8H,5,7,9H2,(H,17,18). The lowest BCUT2D eigenvalue weighted by Gasteiger charge is -2.06. The maximum absolute atomic E-state index is 10.5. The predicted octanol–water partition coefficient (Wildman–Crippen LogP) is 2.96. The van der Waals surface area contributed by atoms with Gasteiger partial charge in [0.2, 0.25) is 0 Å². The molecule has 0 saturated heterocycles. The van der Waals surface area contributed by atoms with Crippen molar-refractivity contribution in [2.24, 2.45) is 0 Å². The molecule has 0 aliphatic carbocycles. The van der Waals surface area contributed by atoms with E-state index in [1.165, 1.54) is 17.3 Å². The number of carboxylic acids is 1. The summed E-state index contributed by atoms with van der Waals surface area (Å²) in [4.78, 5) is 14.7. The Morgan fingerprint density at radius 1 is 1.37 bits per heavy atom. The van der Waals surface area contributed by atoms with E-state index in [0.717, 1.165) is 23.1 Å². The first kappa shape index (κ1) is 14.0. The molecular formula is C13H13ClN2O2S. The number of hydrogen-bond acceptors (Lipinski definition) is 3. The van der Waals surface area contributed by atoms with E-state index in [2.05, 4.69) is 4.98 Å². The second-order valence-electron chi connectivity index (χ2n) is 3.96. The second-order valence-corrected chi connectivity index (χ2v) is 5.34. The second kappa shape index (κ2) is 6.63. The Kier molecular flexibility index (Phi) is 4.87. The Morgan fingerprint density at radius 3 is 2.79 bits per heavy atom. The fourth-order valence-corrected chi connectivity index (χ4v) is 2.46. The van der Waals surface area contributed by atoms with Crippen molar-refractivity contribution in [3.05, 3.63) is 47.2 Å². The van der Waals surface area contributed by atoms with Crippen LogP contribution in [0.3, 0.4) is 0 Å². The number of benzene rings is 1. The van der Waals surface area contributed by atoms with Crippen molar-refractivity contribution >= 4 is 29.3 Å². The van der Waals surface area contributed by atoms with Gasteiger partial charge in [-0.1, -0.05) is 35.5 Å². The van der Waals surface area contributed by atoms with Gasteiger partial charge in [0.05, 0.1) is 5.75 Å². The third-order valence-electron chi connectivity index (χ3n) is 2.56. The molecule has 1 aromatic heterocycles. The summed E-state index contributed by atoms with van der Waals surface area (Å²) >= 11 is 7.06. The molecule has 0 bridgehead atoms. The highest BCUT2D eigenvalue weighted by Crippen LogP contribution is 2.16. The van der Waals surface area contributed by atoms with E-state index in [-0.39, 0.29) is 5.75 Å². The summed E-state index contributed by atoms with van der Waals surface area (Å²) in [7, 11) is 0. The van der Waals surface area contributed by atoms with Crippen LogP contribution in [0.25, 0.3) is 0 Å². The third-order valence-corrected chi connectivity index (χ3v) is 3.80. The van der Waals surface area contributed by atoms with Crippen molar-refractivity contribution in [2.75, 3.05) is 5.75 Å². The van der Waals surface area contributed by atoms with Crippen LogP contribution >= 0.6 is 23.4 Å². The molecular weight excluding hydrogens is 284 g/mol. The summed E-state index contributed by atoms with van der Waals surface area (Å²) in [5, 5.41) is 10.1. The van der Waals surface area contributed by atoms with Gasteiger partial charge >= 0.3 is 5.97 Å². The molecule has 6 heteroatoms. The van der Waals surface area contributed by atoms with Gasteiger partial charge in [0, 0.05) is 24.0 Å². The van der Waals surface area contributed by atoms with Crippen molar-refractivity contribution < 1.29 is 9.90 Å². The van der Waals surface area contributed by atoms with Gasteiger partial charge in [-0.2, -0.15) is 0 Å². The zero-order chi connectivity index (χ0) is 13.7. The minimum Gasteiger partial charge on any atom is -0.481 e. The SMILES string of the molecule is O=C(O)CSc1nccn1CCc1ccc(Cl)cc1. The van der Waals surface area contributed by atoms with Gasteiger partial charge in [-0.25, -0.2) is 4.98 Å². The van der Waals surface area contributed by atoms with Crippen LogP contribution in [0.4, 0.5) is 0 Å². The number of carboxylic acid groups (broad SMARTS) is 1. The van der Waals surface area contributed by atoms with Crippen molar-refractivity contribution in [2.45, 2.75) is 18.1 Å². The number of halogens is 1. The lowest BCUT2D eigenvalue weighted by Crippen LogP contribution is -2.04. The third kappa shape index (κ3) is 4.29. The zero-order valence-corrected chi connectivity index (χ0v) is 11.7.